The van der Waals surface area contributed by atoms with Crippen molar-refractivity contribution in [2.45, 2.75) is 52.0 Å². The third-order valence-corrected chi connectivity index (χ3v) is 7.30. The lowest BCUT2D eigenvalue weighted by Gasteiger charge is -2.30. The number of hydrogen-bond acceptors (Lipinski definition) is 5. The largest absolute Gasteiger partial charge is 0.485 e. The summed E-state index contributed by atoms with van der Waals surface area (Å²) in [5.41, 5.74) is 1.09. The standard InChI is InChI=1S/C27H30F3NO5S/c1-14(2)24(21-9-10-22(37-21)25(33)31-13-20(32)26(34)35)36-19-11-15(3)23(16(4)12-19)17-5-7-18(8-6-17)27(28,29)30/h5-12,14-15,20,23-24,32H,13H2,1-4H3,(H,31,33)(H,34,35)/t15?,20-,23?,24?/m1/s1. The van der Waals surface area contributed by atoms with Gasteiger partial charge in [0.2, 0.25) is 0 Å². The van der Waals surface area contributed by atoms with Crippen LogP contribution in [-0.2, 0) is 15.7 Å². The van der Waals surface area contributed by atoms with Gasteiger partial charge in [-0.25, -0.2) is 4.79 Å². The minimum absolute atomic E-state index is 0.0186. The van der Waals surface area contributed by atoms with Crippen molar-refractivity contribution in [2.75, 3.05) is 6.54 Å². The molecule has 0 saturated heterocycles. The summed E-state index contributed by atoms with van der Waals surface area (Å²) < 4.78 is 45.2. The first-order chi connectivity index (χ1) is 17.3. The fourth-order valence-corrected chi connectivity index (χ4v) is 5.44. The van der Waals surface area contributed by atoms with Crippen molar-refractivity contribution in [1.29, 1.82) is 0 Å². The van der Waals surface area contributed by atoms with Crippen LogP contribution in [0, 0.1) is 11.8 Å². The third-order valence-electron chi connectivity index (χ3n) is 6.15. The van der Waals surface area contributed by atoms with E-state index in [4.69, 9.17) is 9.84 Å². The number of aliphatic carboxylic acids is 1. The normalized spacial score (nSPS) is 19.6. The lowest BCUT2D eigenvalue weighted by atomic mass is 9.78. The molecule has 1 aromatic heterocycles. The number of amides is 1. The molecule has 6 nitrogen and oxygen atoms in total. The number of aliphatic hydroxyl groups excluding tert-OH is 1. The quantitative estimate of drug-likeness (QED) is 0.369. The summed E-state index contributed by atoms with van der Waals surface area (Å²) in [7, 11) is 0. The van der Waals surface area contributed by atoms with E-state index in [-0.39, 0.29) is 23.9 Å². The van der Waals surface area contributed by atoms with E-state index in [2.05, 4.69) is 5.32 Å². The number of aliphatic hydroxyl groups is 1. The maximum atomic E-state index is 12.9. The zero-order chi connectivity index (χ0) is 27.5. The van der Waals surface area contributed by atoms with Crippen molar-refractivity contribution in [3.05, 3.63) is 80.8 Å². The summed E-state index contributed by atoms with van der Waals surface area (Å²) >= 11 is 1.22. The SMILES string of the molecule is CC1=CC(OC(c2ccc(C(=O)NC[C@@H](O)C(=O)O)s2)C(C)C)=CC(C)C1c1ccc(C(F)(F)F)cc1. The van der Waals surface area contributed by atoms with Crippen LogP contribution in [0.3, 0.4) is 0 Å². The summed E-state index contributed by atoms with van der Waals surface area (Å²) in [6, 6.07) is 8.66. The molecule has 1 aliphatic rings. The Balaban J connectivity index is 1.73. The van der Waals surface area contributed by atoms with Crippen LogP contribution in [0.4, 0.5) is 13.2 Å². The van der Waals surface area contributed by atoms with Gasteiger partial charge in [0.15, 0.2) is 6.10 Å². The number of halogens is 3. The minimum atomic E-state index is -4.38. The highest BCUT2D eigenvalue weighted by Gasteiger charge is 2.32. The van der Waals surface area contributed by atoms with Crippen LogP contribution in [0.5, 0.6) is 0 Å². The number of carboxylic acids is 1. The summed E-state index contributed by atoms with van der Waals surface area (Å²) in [5, 5.41) is 20.5. The van der Waals surface area contributed by atoms with E-state index in [0.717, 1.165) is 28.1 Å². The van der Waals surface area contributed by atoms with Gasteiger partial charge in [0, 0.05) is 10.8 Å². The molecule has 4 atom stereocenters. The molecule has 0 saturated carbocycles. The van der Waals surface area contributed by atoms with E-state index in [0.29, 0.717) is 10.6 Å². The van der Waals surface area contributed by atoms with Crippen molar-refractivity contribution in [3.63, 3.8) is 0 Å². The number of benzene rings is 1. The van der Waals surface area contributed by atoms with Crippen LogP contribution in [0.15, 0.2) is 59.9 Å². The first kappa shape index (κ1) is 28.5. The highest BCUT2D eigenvalue weighted by Crippen LogP contribution is 2.41. The molecule has 3 N–H and O–H groups in total. The number of allylic oxidation sites excluding steroid dienone is 3. The Morgan fingerprint density at radius 2 is 1.78 bits per heavy atom. The molecule has 200 valence electrons. The molecule has 2 aromatic rings. The van der Waals surface area contributed by atoms with Gasteiger partial charge >= 0.3 is 12.1 Å². The molecule has 0 bridgehead atoms. The van der Waals surface area contributed by atoms with Gasteiger partial charge in [-0.15, -0.1) is 11.3 Å². The Bertz CT molecular complexity index is 1180. The van der Waals surface area contributed by atoms with E-state index in [1.807, 2.05) is 39.8 Å². The van der Waals surface area contributed by atoms with Crippen LogP contribution in [-0.4, -0.2) is 34.7 Å². The van der Waals surface area contributed by atoms with Crippen molar-refractivity contribution in [1.82, 2.24) is 5.32 Å². The summed E-state index contributed by atoms with van der Waals surface area (Å²) in [6.45, 7) is 7.49. The fraction of sp³-hybridized carbons (Fsp3) is 0.407. The number of hydrogen-bond donors (Lipinski definition) is 3. The number of carbonyl (C=O) groups excluding carboxylic acids is 1. The van der Waals surface area contributed by atoms with Crippen LogP contribution in [0.25, 0.3) is 0 Å². The van der Waals surface area contributed by atoms with Gasteiger partial charge in [0.05, 0.1) is 17.0 Å². The van der Waals surface area contributed by atoms with Gasteiger partial charge < -0.3 is 20.3 Å². The molecule has 1 amide bonds. The minimum Gasteiger partial charge on any atom is -0.485 e. The van der Waals surface area contributed by atoms with Crippen molar-refractivity contribution < 1.29 is 37.7 Å². The molecular formula is C27H30F3NO5S. The highest BCUT2D eigenvalue weighted by atomic mass is 32.1. The van der Waals surface area contributed by atoms with E-state index in [1.165, 1.54) is 23.5 Å². The van der Waals surface area contributed by atoms with E-state index in [9.17, 15) is 27.9 Å². The van der Waals surface area contributed by atoms with Gasteiger partial charge in [-0.2, -0.15) is 13.2 Å². The topological polar surface area (TPSA) is 95.9 Å². The Hall–Kier alpha value is -3.11. The molecule has 3 rings (SSSR count). The number of thiophene rings is 1. The second kappa shape index (κ2) is 11.5. The maximum absolute atomic E-state index is 12.9. The van der Waals surface area contributed by atoms with Crippen molar-refractivity contribution in [3.8, 4) is 0 Å². The fourth-order valence-electron chi connectivity index (χ4n) is 4.31. The number of ether oxygens (including phenoxy) is 1. The molecule has 1 aromatic carbocycles. The molecule has 10 heteroatoms. The molecule has 0 spiro atoms. The summed E-state index contributed by atoms with van der Waals surface area (Å²) in [6.07, 6.45) is -2.57. The molecule has 0 radical (unpaired) electrons. The second-order valence-electron chi connectivity index (χ2n) is 9.46. The Kier molecular flexibility index (Phi) is 8.86. The first-order valence-electron chi connectivity index (χ1n) is 11.8. The molecule has 3 unspecified atom stereocenters. The van der Waals surface area contributed by atoms with Gasteiger partial charge in [-0.3, -0.25) is 4.79 Å². The maximum Gasteiger partial charge on any atom is 0.416 e. The van der Waals surface area contributed by atoms with Gasteiger partial charge in [-0.05, 0) is 60.7 Å². The Morgan fingerprint density at radius 1 is 1.14 bits per heavy atom. The second-order valence-corrected chi connectivity index (χ2v) is 10.6. The lowest BCUT2D eigenvalue weighted by Crippen LogP contribution is -2.36. The zero-order valence-electron chi connectivity index (χ0n) is 20.9. The number of rotatable bonds is 9. The van der Waals surface area contributed by atoms with E-state index < -0.39 is 36.3 Å². The number of alkyl halides is 3. The van der Waals surface area contributed by atoms with Gasteiger partial charge in [-0.1, -0.05) is 38.5 Å². The van der Waals surface area contributed by atoms with Gasteiger partial charge in [0.1, 0.15) is 11.9 Å². The third kappa shape index (κ3) is 7.01. The summed E-state index contributed by atoms with van der Waals surface area (Å²) in [4.78, 5) is 24.3. The zero-order valence-corrected chi connectivity index (χ0v) is 21.7. The first-order valence-corrected chi connectivity index (χ1v) is 12.6. The predicted molar refractivity (Wildman–Crippen MR) is 134 cm³/mol. The molecular weight excluding hydrogens is 507 g/mol. The number of carbonyl (C=O) groups is 2. The average molecular weight is 538 g/mol. The highest BCUT2D eigenvalue weighted by molar-refractivity contribution is 7.14. The average Bonchev–Trinajstić information content (AvgIpc) is 3.30. The number of nitrogens with one attached hydrogen (secondary N) is 1. The van der Waals surface area contributed by atoms with Crippen molar-refractivity contribution >= 4 is 23.2 Å². The predicted octanol–water partition coefficient (Wildman–Crippen LogP) is 5.92. The summed E-state index contributed by atoms with van der Waals surface area (Å²) in [5.74, 6) is -1.30. The molecule has 1 aliphatic carbocycles. The van der Waals surface area contributed by atoms with Crippen LogP contribution >= 0.6 is 11.3 Å². The Labute approximate surface area is 217 Å². The van der Waals surface area contributed by atoms with Crippen LogP contribution in [0.1, 0.15) is 65.4 Å². The van der Waals surface area contributed by atoms with E-state index in [1.54, 1.807) is 12.1 Å². The monoisotopic (exact) mass is 537 g/mol. The van der Waals surface area contributed by atoms with E-state index >= 15 is 0 Å². The molecule has 0 fully saturated rings. The molecule has 0 aliphatic heterocycles. The smallest absolute Gasteiger partial charge is 0.416 e. The van der Waals surface area contributed by atoms with Crippen LogP contribution < -0.4 is 5.32 Å². The van der Waals surface area contributed by atoms with Gasteiger partial charge in [0.25, 0.3) is 5.91 Å². The van der Waals surface area contributed by atoms with Crippen LogP contribution in [0.2, 0.25) is 0 Å². The molecule has 1 heterocycles. The Morgan fingerprint density at radius 3 is 2.32 bits per heavy atom. The molecule has 37 heavy (non-hydrogen) atoms. The lowest BCUT2D eigenvalue weighted by molar-refractivity contribution is -0.146. The van der Waals surface area contributed by atoms with Crippen molar-refractivity contribution in [2.24, 2.45) is 11.8 Å². The number of carboxylic acid groups (broad SMARTS) is 1.